The first-order valence-corrected chi connectivity index (χ1v) is 9.44. The number of rotatable bonds is 3. The molecule has 3 unspecified atom stereocenters. The number of carbonyl (C=O) groups is 1. The zero-order valence-corrected chi connectivity index (χ0v) is 20.6. The fourth-order valence-electron chi connectivity index (χ4n) is 3.21. The molecule has 0 aliphatic heterocycles. The van der Waals surface area contributed by atoms with Gasteiger partial charge in [0.05, 0.1) is 0 Å². The van der Waals surface area contributed by atoms with E-state index in [2.05, 4.69) is 26.1 Å². The van der Waals surface area contributed by atoms with E-state index in [-0.39, 0.29) is 46.0 Å². The van der Waals surface area contributed by atoms with E-state index in [4.69, 9.17) is 0 Å². The first kappa shape index (κ1) is 29.6. The Kier molecular flexibility index (Phi) is 20.4. The van der Waals surface area contributed by atoms with Crippen molar-refractivity contribution in [3.63, 3.8) is 0 Å². The van der Waals surface area contributed by atoms with Gasteiger partial charge in [-0.25, -0.2) is 0 Å². The van der Waals surface area contributed by atoms with Gasteiger partial charge in [0.25, 0.3) is 5.91 Å². The van der Waals surface area contributed by atoms with Crippen LogP contribution in [0.15, 0.2) is 30.3 Å². The maximum Gasteiger partial charge on any atom is 0.251 e. The summed E-state index contributed by atoms with van der Waals surface area (Å²) in [6, 6.07) is 9.86. The summed E-state index contributed by atoms with van der Waals surface area (Å²) in [5.41, 5.74) is 0.767. The molecule has 1 fully saturated rings. The predicted octanol–water partition coefficient (Wildman–Crippen LogP) is 6.38. The topological polar surface area (TPSA) is 29.1 Å². The van der Waals surface area contributed by atoms with Gasteiger partial charge in [0.15, 0.2) is 0 Å². The second kappa shape index (κ2) is 17.2. The van der Waals surface area contributed by atoms with Crippen LogP contribution < -0.4 is 5.32 Å². The van der Waals surface area contributed by atoms with Crippen LogP contribution in [-0.4, -0.2) is 11.9 Å². The van der Waals surface area contributed by atoms with E-state index >= 15 is 0 Å². The van der Waals surface area contributed by atoms with Crippen molar-refractivity contribution in [1.29, 1.82) is 0 Å². The number of hydrogen-bond donors (Lipinski definition) is 1. The van der Waals surface area contributed by atoms with Crippen LogP contribution >= 0.6 is 0 Å². The summed E-state index contributed by atoms with van der Waals surface area (Å²) in [7, 11) is 0. The molecule has 0 saturated heterocycles. The molecule has 3 heteroatoms. The van der Waals surface area contributed by atoms with Crippen molar-refractivity contribution in [3.05, 3.63) is 43.3 Å². The van der Waals surface area contributed by atoms with Crippen LogP contribution in [0.2, 0.25) is 0 Å². The van der Waals surface area contributed by atoms with Gasteiger partial charge in [-0.1, -0.05) is 73.1 Å². The SMILES string of the molecule is CC.CC.CC1CCC(C(C)C)C(NC(=O)c2ccccc2)C1.[CH3-].[Y]. The van der Waals surface area contributed by atoms with Crippen molar-refractivity contribution in [3.8, 4) is 0 Å². The van der Waals surface area contributed by atoms with Gasteiger partial charge in [0.1, 0.15) is 0 Å². The summed E-state index contributed by atoms with van der Waals surface area (Å²) in [5, 5.41) is 3.26. The maximum absolute atomic E-state index is 12.3. The Labute approximate surface area is 182 Å². The van der Waals surface area contributed by atoms with E-state index in [0.29, 0.717) is 17.9 Å². The Morgan fingerprint density at radius 2 is 1.56 bits per heavy atom. The van der Waals surface area contributed by atoms with Gasteiger partial charge >= 0.3 is 0 Å². The van der Waals surface area contributed by atoms with Crippen molar-refractivity contribution < 1.29 is 37.5 Å². The van der Waals surface area contributed by atoms with E-state index in [1.54, 1.807) is 0 Å². The second-order valence-electron chi connectivity index (χ2n) is 6.27. The van der Waals surface area contributed by atoms with Gasteiger partial charge < -0.3 is 12.7 Å². The van der Waals surface area contributed by atoms with Crippen LogP contribution in [0.3, 0.4) is 0 Å². The van der Waals surface area contributed by atoms with Crippen molar-refractivity contribution in [1.82, 2.24) is 5.32 Å². The van der Waals surface area contributed by atoms with E-state index in [1.165, 1.54) is 12.8 Å². The molecule has 1 N–H and O–H groups in total. The third-order valence-corrected chi connectivity index (χ3v) is 4.37. The Hall–Kier alpha value is -0.206. The minimum absolute atomic E-state index is 0. The molecule has 0 aromatic heterocycles. The van der Waals surface area contributed by atoms with Crippen molar-refractivity contribution in [2.45, 2.75) is 73.8 Å². The number of hydrogen-bond acceptors (Lipinski definition) is 1. The van der Waals surface area contributed by atoms with Gasteiger partial charge in [-0.05, 0) is 42.7 Å². The Morgan fingerprint density at radius 1 is 1.04 bits per heavy atom. The average molecular weight is 423 g/mol. The van der Waals surface area contributed by atoms with Crippen molar-refractivity contribution in [2.75, 3.05) is 0 Å². The molecule has 143 valence electrons. The number of amides is 1. The normalized spacial score (nSPS) is 21.2. The molecule has 0 bridgehead atoms. The third kappa shape index (κ3) is 10.5. The molecule has 1 saturated carbocycles. The van der Waals surface area contributed by atoms with Crippen LogP contribution in [0.4, 0.5) is 0 Å². The van der Waals surface area contributed by atoms with Crippen LogP contribution in [0.5, 0.6) is 0 Å². The Bertz CT molecular complexity index is 419. The zero-order chi connectivity index (χ0) is 17.8. The summed E-state index contributed by atoms with van der Waals surface area (Å²) in [6.45, 7) is 14.8. The smallest absolute Gasteiger partial charge is 0.251 e. The van der Waals surface area contributed by atoms with Gasteiger partial charge in [-0.15, -0.1) is 0 Å². The molecule has 0 heterocycles. The molecule has 1 amide bonds. The van der Waals surface area contributed by atoms with E-state index < -0.39 is 0 Å². The molecule has 25 heavy (non-hydrogen) atoms. The molecule has 0 spiro atoms. The maximum atomic E-state index is 12.3. The quantitative estimate of drug-likeness (QED) is 0.562. The summed E-state index contributed by atoms with van der Waals surface area (Å²) in [5.74, 6) is 2.04. The summed E-state index contributed by atoms with van der Waals surface area (Å²) < 4.78 is 0. The third-order valence-electron chi connectivity index (χ3n) is 4.37. The first-order chi connectivity index (χ1) is 11.1. The Morgan fingerprint density at radius 3 is 2.04 bits per heavy atom. The molecule has 2 rings (SSSR count). The first-order valence-electron chi connectivity index (χ1n) is 9.44. The number of carbonyl (C=O) groups excluding carboxylic acids is 1. The van der Waals surface area contributed by atoms with Crippen LogP contribution in [-0.2, 0) is 32.7 Å². The summed E-state index contributed by atoms with van der Waals surface area (Å²) in [4.78, 5) is 12.3. The fourth-order valence-corrected chi connectivity index (χ4v) is 3.21. The second-order valence-corrected chi connectivity index (χ2v) is 6.27. The molecule has 1 radical (unpaired) electrons. The predicted molar refractivity (Wildman–Crippen MR) is 108 cm³/mol. The minimum atomic E-state index is 0. The van der Waals surface area contributed by atoms with Gasteiger partial charge in [-0.2, -0.15) is 0 Å². The molecule has 1 aliphatic rings. The monoisotopic (exact) mass is 423 g/mol. The van der Waals surface area contributed by atoms with Crippen LogP contribution in [0.1, 0.15) is 78.1 Å². The van der Waals surface area contributed by atoms with Gasteiger partial charge in [0.2, 0.25) is 0 Å². The number of nitrogens with one attached hydrogen (secondary N) is 1. The molecule has 1 aromatic carbocycles. The average Bonchev–Trinajstić information content (AvgIpc) is 2.59. The summed E-state index contributed by atoms with van der Waals surface area (Å²) >= 11 is 0. The molecule has 3 atom stereocenters. The molecular weight excluding hydrogens is 383 g/mol. The van der Waals surface area contributed by atoms with E-state index in [9.17, 15) is 4.79 Å². The molecule has 2 nitrogen and oxygen atoms in total. The largest absolute Gasteiger partial charge is 0.358 e. The summed E-state index contributed by atoms with van der Waals surface area (Å²) in [6.07, 6.45) is 3.64. The van der Waals surface area contributed by atoms with Gasteiger partial charge in [0, 0.05) is 44.3 Å². The van der Waals surface area contributed by atoms with Crippen LogP contribution in [0.25, 0.3) is 0 Å². The van der Waals surface area contributed by atoms with E-state index in [0.717, 1.165) is 17.9 Å². The molecule has 1 aliphatic carbocycles. The van der Waals surface area contributed by atoms with E-state index in [1.807, 2.05) is 58.0 Å². The number of benzene rings is 1. The zero-order valence-electron chi connectivity index (χ0n) is 17.8. The van der Waals surface area contributed by atoms with Crippen molar-refractivity contribution >= 4 is 5.91 Å². The standard InChI is InChI=1S/C17H25NO.2C2H6.CH3.Y/c1-12(2)15-10-9-13(3)11-16(15)18-17(19)14-7-5-4-6-8-14;2*1-2;;/h4-8,12-13,15-16H,9-11H2,1-3H3,(H,18,19);2*1-2H3;1H3;/q;;;-1;. The fraction of sp³-hybridized carbons (Fsp3) is 0.636. The Balaban J connectivity index is -0.000000752. The minimum Gasteiger partial charge on any atom is -0.358 e. The van der Waals surface area contributed by atoms with Crippen molar-refractivity contribution in [2.24, 2.45) is 17.8 Å². The molecular formula is C22H40NOY-. The van der Waals surface area contributed by atoms with Crippen LogP contribution in [0, 0.1) is 25.2 Å². The molecule has 1 aromatic rings. The van der Waals surface area contributed by atoms with Gasteiger partial charge in [-0.3, -0.25) is 4.79 Å².